The van der Waals surface area contributed by atoms with E-state index in [0.29, 0.717) is 0 Å². The van der Waals surface area contributed by atoms with Gasteiger partial charge in [-0.2, -0.15) is 0 Å². The van der Waals surface area contributed by atoms with E-state index >= 15 is 0 Å². The van der Waals surface area contributed by atoms with Gasteiger partial charge >= 0.3 is 0 Å². The summed E-state index contributed by atoms with van der Waals surface area (Å²) in [6.07, 6.45) is 0.0641. The molecule has 2 unspecified atom stereocenters. The summed E-state index contributed by atoms with van der Waals surface area (Å²) in [5.74, 6) is -1.43. The lowest BCUT2D eigenvalue weighted by Crippen LogP contribution is -2.41. The maximum Gasteiger partial charge on any atom is 0.228 e. The van der Waals surface area contributed by atoms with Crippen molar-refractivity contribution in [3.63, 3.8) is 0 Å². The van der Waals surface area contributed by atoms with E-state index in [-0.39, 0.29) is 43.1 Å². The van der Waals surface area contributed by atoms with E-state index in [2.05, 4.69) is 0 Å². The van der Waals surface area contributed by atoms with Crippen LogP contribution in [0.3, 0.4) is 0 Å². The first kappa shape index (κ1) is 16.4. The van der Waals surface area contributed by atoms with Gasteiger partial charge in [-0.05, 0) is 31.5 Å². The molecule has 0 aliphatic carbocycles. The molecule has 2 amide bonds. The topological polar surface area (TPSA) is 60.9 Å². The Hall–Kier alpha value is -1.95. The van der Waals surface area contributed by atoms with Crippen LogP contribution in [-0.4, -0.2) is 48.1 Å². The van der Waals surface area contributed by atoms with Crippen molar-refractivity contribution >= 4 is 17.5 Å². The van der Waals surface area contributed by atoms with Crippen LogP contribution in [0.4, 0.5) is 10.1 Å². The smallest absolute Gasteiger partial charge is 0.228 e. The predicted octanol–water partition coefficient (Wildman–Crippen LogP) is 1.33. The number of hydrogen-bond acceptors (Lipinski definition) is 3. The molecule has 1 aromatic rings. The number of amides is 2. The molecular weight excluding hydrogens is 287 g/mol. The monoisotopic (exact) mass is 308 g/mol. The number of aliphatic hydroxyl groups is 1. The SMILES string of the molecule is Cc1ccc(N2CC(C(=O)N(C)C(C)CO)CC2=O)c(F)c1. The van der Waals surface area contributed by atoms with Crippen LogP contribution in [-0.2, 0) is 9.59 Å². The normalized spacial score (nSPS) is 19.4. The van der Waals surface area contributed by atoms with Crippen molar-refractivity contribution in [1.29, 1.82) is 0 Å². The highest BCUT2D eigenvalue weighted by Gasteiger charge is 2.38. The van der Waals surface area contributed by atoms with Gasteiger partial charge in [-0.15, -0.1) is 0 Å². The molecule has 6 heteroatoms. The molecule has 0 aromatic heterocycles. The lowest BCUT2D eigenvalue weighted by molar-refractivity contribution is -0.137. The fourth-order valence-electron chi connectivity index (χ4n) is 2.56. The number of nitrogens with zero attached hydrogens (tertiary/aromatic N) is 2. The number of likely N-dealkylation sites (N-methyl/N-ethyl adjacent to an activating group) is 1. The molecule has 1 fully saturated rings. The van der Waals surface area contributed by atoms with Crippen LogP contribution in [0.1, 0.15) is 18.9 Å². The van der Waals surface area contributed by atoms with E-state index in [1.165, 1.54) is 15.9 Å². The fourth-order valence-corrected chi connectivity index (χ4v) is 2.56. The Morgan fingerprint density at radius 1 is 1.55 bits per heavy atom. The summed E-state index contributed by atoms with van der Waals surface area (Å²) in [5.41, 5.74) is 0.987. The summed E-state index contributed by atoms with van der Waals surface area (Å²) < 4.78 is 14.0. The minimum atomic E-state index is -0.507. The van der Waals surface area contributed by atoms with Gasteiger partial charge in [-0.3, -0.25) is 9.59 Å². The third kappa shape index (κ3) is 3.11. The molecule has 1 aromatic carbocycles. The standard InChI is InChI=1S/C16H21FN2O3/c1-10-4-5-14(13(17)6-10)19-8-12(7-15(19)21)16(22)18(3)11(2)9-20/h4-6,11-12,20H,7-9H2,1-3H3. The Morgan fingerprint density at radius 2 is 2.23 bits per heavy atom. The first-order chi connectivity index (χ1) is 10.3. The lowest BCUT2D eigenvalue weighted by Gasteiger charge is -2.26. The van der Waals surface area contributed by atoms with Crippen molar-refractivity contribution in [2.45, 2.75) is 26.3 Å². The number of carbonyl (C=O) groups is 2. The maximum atomic E-state index is 14.0. The molecule has 22 heavy (non-hydrogen) atoms. The van der Waals surface area contributed by atoms with Crippen LogP contribution in [0, 0.1) is 18.7 Å². The fraction of sp³-hybridized carbons (Fsp3) is 0.500. The first-order valence-corrected chi connectivity index (χ1v) is 7.29. The minimum Gasteiger partial charge on any atom is -0.394 e. The Balaban J connectivity index is 2.15. The second-order valence-corrected chi connectivity index (χ2v) is 5.84. The van der Waals surface area contributed by atoms with Gasteiger partial charge in [0, 0.05) is 20.0 Å². The van der Waals surface area contributed by atoms with Gasteiger partial charge in [0.2, 0.25) is 11.8 Å². The van der Waals surface area contributed by atoms with E-state index in [4.69, 9.17) is 5.11 Å². The molecule has 5 nitrogen and oxygen atoms in total. The van der Waals surface area contributed by atoms with Crippen molar-refractivity contribution in [2.24, 2.45) is 5.92 Å². The van der Waals surface area contributed by atoms with Crippen LogP contribution < -0.4 is 4.90 Å². The van der Waals surface area contributed by atoms with Crippen LogP contribution in [0.5, 0.6) is 0 Å². The molecule has 1 N–H and O–H groups in total. The molecule has 0 spiro atoms. The zero-order valence-electron chi connectivity index (χ0n) is 13.0. The summed E-state index contributed by atoms with van der Waals surface area (Å²) in [4.78, 5) is 27.2. The third-order valence-corrected chi connectivity index (χ3v) is 4.14. The molecule has 120 valence electrons. The largest absolute Gasteiger partial charge is 0.394 e. The van der Waals surface area contributed by atoms with Crippen LogP contribution in [0.2, 0.25) is 0 Å². The molecule has 1 aliphatic heterocycles. The number of halogens is 1. The zero-order valence-corrected chi connectivity index (χ0v) is 13.0. The summed E-state index contributed by atoms with van der Waals surface area (Å²) >= 11 is 0. The van der Waals surface area contributed by atoms with E-state index in [1.54, 1.807) is 33.0 Å². The summed E-state index contributed by atoms with van der Waals surface area (Å²) in [6.45, 7) is 3.53. The Labute approximate surface area is 129 Å². The predicted molar refractivity (Wildman–Crippen MR) is 80.9 cm³/mol. The average molecular weight is 308 g/mol. The zero-order chi connectivity index (χ0) is 16.4. The molecule has 0 bridgehead atoms. The number of benzene rings is 1. The van der Waals surface area contributed by atoms with Crippen LogP contribution in [0.15, 0.2) is 18.2 Å². The molecule has 1 aliphatic rings. The van der Waals surface area contributed by atoms with Crippen molar-refractivity contribution in [2.75, 3.05) is 25.1 Å². The highest BCUT2D eigenvalue weighted by Crippen LogP contribution is 2.29. The maximum absolute atomic E-state index is 14.0. The number of rotatable bonds is 4. The van der Waals surface area contributed by atoms with Gasteiger partial charge in [-0.1, -0.05) is 6.07 Å². The molecule has 1 heterocycles. The Morgan fingerprint density at radius 3 is 2.82 bits per heavy atom. The van der Waals surface area contributed by atoms with Crippen LogP contribution >= 0.6 is 0 Å². The number of aryl methyl sites for hydroxylation is 1. The minimum absolute atomic E-state index is 0.0641. The lowest BCUT2D eigenvalue weighted by atomic mass is 10.1. The Kier molecular flexibility index (Phi) is 4.81. The molecule has 2 atom stereocenters. The van der Waals surface area contributed by atoms with Crippen molar-refractivity contribution in [3.05, 3.63) is 29.6 Å². The second-order valence-electron chi connectivity index (χ2n) is 5.84. The van der Waals surface area contributed by atoms with Gasteiger partial charge in [0.15, 0.2) is 0 Å². The third-order valence-electron chi connectivity index (χ3n) is 4.14. The van der Waals surface area contributed by atoms with Crippen molar-refractivity contribution in [1.82, 2.24) is 4.90 Å². The van der Waals surface area contributed by atoms with Gasteiger partial charge in [0.1, 0.15) is 5.82 Å². The number of anilines is 1. The second kappa shape index (κ2) is 6.44. The Bertz CT molecular complexity index is 591. The number of aliphatic hydroxyl groups excluding tert-OH is 1. The molecule has 0 saturated carbocycles. The molecule has 2 rings (SSSR count). The molecule has 0 radical (unpaired) electrons. The summed E-state index contributed by atoms with van der Waals surface area (Å²) in [7, 11) is 1.60. The highest BCUT2D eigenvalue weighted by atomic mass is 19.1. The molecule has 1 saturated heterocycles. The summed E-state index contributed by atoms with van der Waals surface area (Å²) in [6, 6.07) is 4.36. The van der Waals surface area contributed by atoms with E-state index in [9.17, 15) is 14.0 Å². The summed E-state index contributed by atoms with van der Waals surface area (Å²) in [5, 5.41) is 9.12. The van der Waals surface area contributed by atoms with Crippen LogP contribution in [0.25, 0.3) is 0 Å². The van der Waals surface area contributed by atoms with Crippen molar-refractivity contribution < 1.29 is 19.1 Å². The molecular formula is C16H21FN2O3. The van der Waals surface area contributed by atoms with Gasteiger partial charge in [0.05, 0.1) is 24.3 Å². The van der Waals surface area contributed by atoms with Gasteiger partial charge < -0.3 is 14.9 Å². The number of carbonyl (C=O) groups excluding carboxylic acids is 2. The van der Waals surface area contributed by atoms with E-state index in [1.807, 2.05) is 0 Å². The van der Waals surface area contributed by atoms with E-state index in [0.717, 1.165) is 5.56 Å². The quantitative estimate of drug-likeness (QED) is 0.913. The highest BCUT2D eigenvalue weighted by molar-refractivity contribution is 6.00. The van der Waals surface area contributed by atoms with E-state index < -0.39 is 11.7 Å². The van der Waals surface area contributed by atoms with Crippen molar-refractivity contribution in [3.8, 4) is 0 Å². The number of hydrogen-bond donors (Lipinski definition) is 1. The van der Waals surface area contributed by atoms with Gasteiger partial charge in [-0.25, -0.2) is 4.39 Å². The first-order valence-electron chi connectivity index (χ1n) is 7.29. The van der Waals surface area contributed by atoms with Gasteiger partial charge in [0.25, 0.3) is 0 Å². The average Bonchev–Trinajstić information content (AvgIpc) is 2.86.